The number of halogens is 1. The van der Waals surface area contributed by atoms with E-state index in [0.29, 0.717) is 18.5 Å². The monoisotopic (exact) mass is 442 g/mol. The molecule has 3 rings (SSSR count). The van der Waals surface area contributed by atoms with E-state index in [0.717, 1.165) is 40.8 Å². The summed E-state index contributed by atoms with van der Waals surface area (Å²) in [4.78, 5) is 13.9. The molecule has 0 fully saturated rings. The van der Waals surface area contributed by atoms with E-state index in [1.807, 2.05) is 12.1 Å². The van der Waals surface area contributed by atoms with Gasteiger partial charge in [0.15, 0.2) is 0 Å². The molecule has 0 spiro atoms. The van der Waals surface area contributed by atoms with E-state index >= 15 is 0 Å². The van der Waals surface area contributed by atoms with Gasteiger partial charge in [0.05, 0.1) is 0 Å². The zero-order valence-corrected chi connectivity index (χ0v) is 18.9. The summed E-state index contributed by atoms with van der Waals surface area (Å²) in [6.07, 6.45) is 5.22. The number of rotatable bonds is 10. The Kier molecular flexibility index (Phi) is 8.08. The van der Waals surface area contributed by atoms with Gasteiger partial charge in [-0.05, 0) is 73.4 Å². The van der Waals surface area contributed by atoms with E-state index in [4.69, 9.17) is 5.73 Å². The van der Waals surface area contributed by atoms with Gasteiger partial charge in [-0.2, -0.15) is 0 Å². The molecule has 30 heavy (non-hydrogen) atoms. The van der Waals surface area contributed by atoms with E-state index in [2.05, 4.69) is 41.9 Å². The molecule has 0 aliphatic rings. The van der Waals surface area contributed by atoms with Crippen molar-refractivity contribution >= 4 is 29.5 Å². The molecule has 3 nitrogen and oxygen atoms in total. The second-order valence-corrected chi connectivity index (χ2v) is 9.34. The highest BCUT2D eigenvalue weighted by atomic mass is 32.2. The molecule has 6 heteroatoms. The quantitative estimate of drug-likeness (QED) is 0.242. The summed E-state index contributed by atoms with van der Waals surface area (Å²) < 4.78 is 14.3. The van der Waals surface area contributed by atoms with Gasteiger partial charge in [0.25, 0.3) is 0 Å². The zero-order valence-electron chi connectivity index (χ0n) is 17.3. The van der Waals surface area contributed by atoms with Crippen molar-refractivity contribution in [3.05, 3.63) is 64.8 Å². The predicted molar refractivity (Wildman–Crippen MR) is 127 cm³/mol. The standard InChI is InChI=1S/C24H27FN2OS2/c1-16-5-6-18(12-23(16)25)22-14-21(13-19(26)4-3-11-27-15-28)30-24(22)17-7-9-20(29-2)10-8-17/h5-10,12,14-15,19H,3-4,11,13,26H2,1-2H3,(H,27,28). The van der Waals surface area contributed by atoms with Crippen molar-refractivity contribution < 1.29 is 9.18 Å². The molecule has 0 saturated carbocycles. The number of hydrogen-bond acceptors (Lipinski definition) is 4. The minimum atomic E-state index is -0.191. The van der Waals surface area contributed by atoms with Crippen LogP contribution in [0.15, 0.2) is 53.4 Å². The van der Waals surface area contributed by atoms with Gasteiger partial charge in [0, 0.05) is 32.8 Å². The van der Waals surface area contributed by atoms with Crippen LogP contribution in [0.5, 0.6) is 0 Å². The molecule has 1 aromatic heterocycles. The van der Waals surface area contributed by atoms with E-state index in [1.54, 1.807) is 36.1 Å². The van der Waals surface area contributed by atoms with Crippen molar-refractivity contribution in [3.8, 4) is 21.6 Å². The van der Waals surface area contributed by atoms with Crippen LogP contribution < -0.4 is 11.1 Å². The van der Waals surface area contributed by atoms with Gasteiger partial charge in [-0.3, -0.25) is 4.79 Å². The normalized spacial score (nSPS) is 12.0. The summed E-state index contributed by atoms with van der Waals surface area (Å²) in [7, 11) is 0. The minimum Gasteiger partial charge on any atom is -0.359 e. The SMILES string of the molecule is CSc1ccc(-c2sc(CC(N)CCCNC=O)cc2-c2ccc(C)c(F)c2)cc1. The number of aryl methyl sites for hydroxylation is 1. The molecule has 0 aliphatic heterocycles. The number of hydrogen-bond donors (Lipinski definition) is 2. The van der Waals surface area contributed by atoms with Crippen molar-refractivity contribution in [2.75, 3.05) is 12.8 Å². The fraction of sp³-hybridized carbons (Fsp3) is 0.292. The molecule has 0 bridgehead atoms. The highest BCUT2D eigenvalue weighted by Gasteiger charge is 2.16. The largest absolute Gasteiger partial charge is 0.359 e. The third-order valence-corrected chi connectivity index (χ3v) is 7.01. The third kappa shape index (κ3) is 5.72. The fourth-order valence-corrected chi connectivity index (χ4v) is 5.05. The second kappa shape index (κ2) is 10.8. The Morgan fingerprint density at radius 2 is 1.90 bits per heavy atom. The minimum absolute atomic E-state index is 0.0198. The molecular formula is C24H27FN2OS2. The molecule has 1 unspecified atom stereocenters. The molecule has 3 N–H and O–H groups in total. The summed E-state index contributed by atoms with van der Waals surface area (Å²) in [6.45, 7) is 2.42. The molecule has 0 aliphatic carbocycles. The maximum Gasteiger partial charge on any atom is 0.207 e. The topological polar surface area (TPSA) is 55.1 Å². The molecule has 1 amide bonds. The van der Waals surface area contributed by atoms with Crippen LogP contribution in [0, 0.1) is 12.7 Å². The lowest BCUT2D eigenvalue weighted by Gasteiger charge is -2.09. The Hall–Kier alpha value is -2.15. The average Bonchev–Trinajstić information content (AvgIpc) is 3.17. The lowest BCUT2D eigenvalue weighted by Crippen LogP contribution is -2.24. The Morgan fingerprint density at radius 1 is 1.17 bits per heavy atom. The second-order valence-electron chi connectivity index (χ2n) is 7.33. The number of carbonyl (C=O) groups is 1. The van der Waals surface area contributed by atoms with Gasteiger partial charge in [-0.1, -0.05) is 24.3 Å². The Bertz CT molecular complexity index is 985. The number of thioether (sulfide) groups is 1. The first-order valence-corrected chi connectivity index (χ1v) is 12.0. The van der Waals surface area contributed by atoms with Crippen LogP contribution in [0.4, 0.5) is 4.39 Å². The maximum atomic E-state index is 14.3. The van der Waals surface area contributed by atoms with Crippen molar-refractivity contribution in [2.24, 2.45) is 5.73 Å². The number of thiophene rings is 1. The zero-order chi connectivity index (χ0) is 21.5. The summed E-state index contributed by atoms with van der Waals surface area (Å²) in [5.41, 5.74) is 10.0. The first kappa shape index (κ1) is 22.5. The smallest absolute Gasteiger partial charge is 0.207 e. The van der Waals surface area contributed by atoms with Crippen LogP contribution >= 0.6 is 23.1 Å². The van der Waals surface area contributed by atoms with Crippen LogP contribution in [0.1, 0.15) is 23.3 Å². The van der Waals surface area contributed by atoms with Crippen molar-refractivity contribution in [2.45, 2.75) is 37.1 Å². The maximum absolute atomic E-state index is 14.3. The van der Waals surface area contributed by atoms with Crippen molar-refractivity contribution in [1.82, 2.24) is 5.32 Å². The van der Waals surface area contributed by atoms with Crippen LogP contribution in [0.2, 0.25) is 0 Å². The molecule has 2 aromatic carbocycles. The van der Waals surface area contributed by atoms with Crippen LogP contribution in [-0.2, 0) is 11.2 Å². The predicted octanol–water partition coefficient (Wildman–Crippen LogP) is 5.65. The molecule has 1 atom stereocenters. The Morgan fingerprint density at radius 3 is 2.57 bits per heavy atom. The number of nitrogens with two attached hydrogens (primary N) is 1. The number of nitrogens with one attached hydrogen (secondary N) is 1. The summed E-state index contributed by atoms with van der Waals surface area (Å²) in [6, 6.07) is 16.1. The molecule has 3 aromatic rings. The van der Waals surface area contributed by atoms with Crippen LogP contribution in [-0.4, -0.2) is 25.3 Å². The lowest BCUT2D eigenvalue weighted by atomic mass is 10.00. The number of amides is 1. The van der Waals surface area contributed by atoms with Gasteiger partial charge in [0.2, 0.25) is 6.41 Å². The fourth-order valence-electron chi connectivity index (χ4n) is 3.36. The first-order valence-electron chi connectivity index (χ1n) is 9.98. The molecule has 0 radical (unpaired) electrons. The van der Waals surface area contributed by atoms with Crippen LogP contribution in [0.3, 0.4) is 0 Å². The number of benzene rings is 2. The molecule has 158 valence electrons. The van der Waals surface area contributed by atoms with Gasteiger partial charge in [-0.25, -0.2) is 4.39 Å². The molecular weight excluding hydrogens is 415 g/mol. The molecule has 1 heterocycles. The van der Waals surface area contributed by atoms with E-state index in [9.17, 15) is 9.18 Å². The summed E-state index contributed by atoms with van der Waals surface area (Å²) in [5, 5.41) is 2.67. The van der Waals surface area contributed by atoms with Crippen molar-refractivity contribution in [3.63, 3.8) is 0 Å². The summed E-state index contributed by atoms with van der Waals surface area (Å²) in [5.74, 6) is -0.191. The van der Waals surface area contributed by atoms with Gasteiger partial charge in [0.1, 0.15) is 5.82 Å². The van der Waals surface area contributed by atoms with Crippen LogP contribution in [0.25, 0.3) is 21.6 Å². The van der Waals surface area contributed by atoms with Crippen molar-refractivity contribution in [1.29, 1.82) is 0 Å². The summed E-state index contributed by atoms with van der Waals surface area (Å²) >= 11 is 3.43. The van der Waals surface area contributed by atoms with Gasteiger partial charge >= 0.3 is 0 Å². The highest BCUT2D eigenvalue weighted by Crippen LogP contribution is 2.40. The Labute approximate surface area is 185 Å². The van der Waals surface area contributed by atoms with Gasteiger partial charge < -0.3 is 11.1 Å². The van der Waals surface area contributed by atoms with E-state index in [-0.39, 0.29) is 11.9 Å². The van der Waals surface area contributed by atoms with E-state index < -0.39 is 0 Å². The Balaban J connectivity index is 1.90. The van der Waals surface area contributed by atoms with Gasteiger partial charge in [-0.15, -0.1) is 23.1 Å². The lowest BCUT2D eigenvalue weighted by molar-refractivity contribution is -0.109. The third-order valence-electron chi connectivity index (χ3n) is 5.06. The highest BCUT2D eigenvalue weighted by molar-refractivity contribution is 7.98. The first-order chi connectivity index (χ1) is 14.5. The molecule has 0 saturated heterocycles. The number of carbonyl (C=O) groups excluding carboxylic acids is 1. The average molecular weight is 443 g/mol. The van der Waals surface area contributed by atoms with E-state index in [1.165, 1.54) is 9.77 Å².